The largest absolute Gasteiger partial charge is 0.396 e. The van der Waals surface area contributed by atoms with Crippen LogP contribution in [0.3, 0.4) is 0 Å². The Hall–Kier alpha value is -0.160. The van der Waals surface area contributed by atoms with Crippen molar-refractivity contribution in [1.82, 2.24) is 0 Å². The van der Waals surface area contributed by atoms with Crippen molar-refractivity contribution in [3.05, 3.63) is 0 Å². The van der Waals surface area contributed by atoms with Crippen LogP contribution in [-0.4, -0.2) is 41.9 Å². The summed E-state index contributed by atoms with van der Waals surface area (Å²) in [6.07, 6.45) is 0.938. The zero-order chi connectivity index (χ0) is 11.5. The van der Waals surface area contributed by atoms with E-state index >= 15 is 0 Å². The number of hydrogen-bond donors (Lipinski definition) is 2. The van der Waals surface area contributed by atoms with Gasteiger partial charge in [0.15, 0.2) is 6.29 Å². The summed E-state index contributed by atoms with van der Waals surface area (Å²) in [7, 11) is 0. The van der Waals surface area contributed by atoms with Crippen LogP contribution in [0.2, 0.25) is 0 Å². The first-order chi connectivity index (χ1) is 6.91. The van der Waals surface area contributed by atoms with Gasteiger partial charge < -0.3 is 19.7 Å². The van der Waals surface area contributed by atoms with Crippen molar-refractivity contribution in [3.63, 3.8) is 0 Å². The summed E-state index contributed by atoms with van der Waals surface area (Å²) >= 11 is 0. The van der Waals surface area contributed by atoms with E-state index in [2.05, 4.69) is 0 Å². The van der Waals surface area contributed by atoms with Crippen LogP contribution in [0.1, 0.15) is 33.6 Å². The maximum atomic E-state index is 9.61. The average Bonchev–Trinajstić information content (AvgIpc) is 2.17. The number of aliphatic hydroxyl groups excluding tert-OH is 1. The fourth-order valence-corrected chi connectivity index (χ4v) is 1.56. The van der Waals surface area contributed by atoms with E-state index in [1.807, 2.05) is 6.92 Å². The van der Waals surface area contributed by atoms with Gasteiger partial charge in [-0.1, -0.05) is 6.92 Å². The van der Waals surface area contributed by atoms with E-state index in [0.717, 1.165) is 6.42 Å². The molecule has 90 valence electrons. The molecule has 0 aromatic rings. The third kappa shape index (κ3) is 3.72. The molecule has 0 aromatic carbocycles. The molecule has 4 nitrogen and oxygen atoms in total. The van der Waals surface area contributed by atoms with Gasteiger partial charge in [-0.3, -0.25) is 0 Å². The molecule has 0 spiro atoms. The van der Waals surface area contributed by atoms with Gasteiger partial charge in [0.2, 0.25) is 0 Å². The van der Waals surface area contributed by atoms with Gasteiger partial charge in [-0.2, -0.15) is 0 Å². The predicted molar refractivity (Wildman–Crippen MR) is 56.4 cm³/mol. The lowest BCUT2D eigenvalue weighted by Gasteiger charge is -2.39. The SMILES string of the molecule is CCC1(CO)COC(CC(C)(C)O)OC1. The first-order valence-electron chi connectivity index (χ1n) is 5.47. The Labute approximate surface area is 91.2 Å². The van der Waals surface area contributed by atoms with Crippen molar-refractivity contribution >= 4 is 0 Å². The molecule has 0 bridgehead atoms. The van der Waals surface area contributed by atoms with E-state index in [-0.39, 0.29) is 18.3 Å². The summed E-state index contributed by atoms with van der Waals surface area (Å²) < 4.78 is 11.0. The minimum absolute atomic E-state index is 0.0821. The van der Waals surface area contributed by atoms with Gasteiger partial charge in [-0.15, -0.1) is 0 Å². The van der Waals surface area contributed by atoms with Crippen LogP contribution in [-0.2, 0) is 9.47 Å². The van der Waals surface area contributed by atoms with E-state index < -0.39 is 5.60 Å². The van der Waals surface area contributed by atoms with Crippen molar-refractivity contribution in [1.29, 1.82) is 0 Å². The molecular formula is C11H22O4. The van der Waals surface area contributed by atoms with Crippen LogP contribution in [0.4, 0.5) is 0 Å². The van der Waals surface area contributed by atoms with Gasteiger partial charge in [0.1, 0.15) is 0 Å². The lowest BCUT2D eigenvalue weighted by Crippen LogP contribution is -2.45. The second-order valence-corrected chi connectivity index (χ2v) is 5.08. The molecule has 4 heteroatoms. The van der Waals surface area contributed by atoms with Crippen molar-refractivity contribution in [2.75, 3.05) is 19.8 Å². The molecule has 0 aromatic heterocycles. The maximum Gasteiger partial charge on any atom is 0.160 e. The summed E-state index contributed by atoms with van der Waals surface area (Å²) in [5.41, 5.74) is -1.04. The highest BCUT2D eigenvalue weighted by atomic mass is 16.7. The monoisotopic (exact) mass is 218 g/mol. The minimum Gasteiger partial charge on any atom is -0.396 e. The highest BCUT2D eigenvalue weighted by Crippen LogP contribution is 2.30. The van der Waals surface area contributed by atoms with Gasteiger partial charge in [-0.05, 0) is 20.3 Å². The molecule has 0 unspecified atom stereocenters. The van der Waals surface area contributed by atoms with Crippen LogP contribution >= 0.6 is 0 Å². The highest BCUT2D eigenvalue weighted by molar-refractivity contribution is 4.81. The van der Waals surface area contributed by atoms with E-state index in [4.69, 9.17) is 9.47 Å². The van der Waals surface area contributed by atoms with Crippen molar-refractivity contribution in [2.24, 2.45) is 5.41 Å². The second kappa shape index (κ2) is 4.78. The maximum absolute atomic E-state index is 9.61. The quantitative estimate of drug-likeness (QED) is 0.736. The summed E-state index contributed by atoms with van der Waals surface area (Å²) in [6.45, 7) is 6.56. The number of ether oxygens (including phenoxy) is 2. The van der Waals surface area contributed by atoms with Crippen LogP contribution in [0, 0.1) is 5.41 Å². The van der Waals surface area contributed by atoms with E-state index in [9.17, 15) is 10.2 Å². The molecule has 1 fully saturated rings. The second-order valence-electron chi connectivity index (χ2n) is 5.08. The predicted octanol–water partition coefficient (Wildman–Crippen LogP) is 0.909. The molecule has 1 rings (SSSR count). The summed E-state index contributed by atoms with van der Waals surface area (Å²) in [5.74, 6) is 0. The molecule has 0 amide bonds. The van der Waals surface area contributed by atoms with Gasteiger partial charge in [0, 0.05) is 11.8 Å². The zero-order valence-electron chi connectivity index (χ0n) is 9.82. The first-order valence-corrected chi connectivity index (χ1v) is 5.47. The van der Waals surface area contributed by atoms with Gasteiger partial charge >= 0.3 is 0 Å². The molecule has 1 heterocycles. The topological polar surface area (TPSA) is 58.9 Å². The Morgan fingerprint density at radius 2 is 1.87 bits per heavy atom. The van der Waals surface area contributed by atoms with Crippen LogP contribution in [0.25, 0.3) is 0 Å². The van der Waals surface area contributed by atoms with Crippen LogP contribution < -0.4 is 0 Å². The Morgan fingerprint density at radius 3 is 2.20 bits per heavy atom. The van der Waals surface area contributed by atoms with Crippen molar-refractivity contribution < 1.29 is 19.7 Å². The molecule has 2 N–H and O–H groups in total. The van der Waals surface area contributed by atoms with Crippen molar-refractivity contribution in [2.45, 2.75) is 45.5 Å². The molecule has 15 heavy (non-hydrogen) atoms. The lowest BCUT2D eigenvalue weighted by molar-refractivity contribution is -0.250. The van der Waals surface area contributed by atoms with Gasteiger partial charge in [0.25, 0.3) is 0 Å². The summed E-state index contributed by atoms with van der Waals surface area (Å²) in [6, 6.07) is 0. The molecular weight excluding hydrogens is 196 g/mol. The smallest absolute Gasteiger partial charge is 0.160 e. The average molecular weight is 218 g/mol. The third-order valence-electron chi connectivity index (χ3n) is 2.90. The molecule has 0 atom stereocenters. The lowest BCUT2D eigenvalue weighted by atomic mass is 9.87. The minimum atomic E-state index is -0.782. The Kier molecular flexibility index (Phi) is 4.12. The number of hydrogen-bond acceptors (Lipinski definition) is 4. The van der Waals surface area contributed by atoms with Crippen LogP contribution in [0.15, 0.2) is 0 Å². The number of rotatable bonds is 4. The summed E-state index contributed by atoms with van der Waals surface area (Å²) in [4.78, 5) is 0. The molecule has 1 aliphatic heterocycles. The fraction of sp³-hybridized carbons (Fsp3) is 1.00. The first kappa shape index (κ1) is 12.9. The van der Waals surface area contributed by atoms with Gasteiger partial charge in [0.05, 0.1) is 25.4 Å². The Morgan fingerprint density at radius 1 is 1.33 bits per heavy atom. The zero-order valence-corrected chi connectivity index (χ0v) is 9.82. The normalized spacial score (nSPS) is 33.0. The van der Waals surface area contributed by atoms with Crippen LogP contribution in [0.5, 0.6) is 0 Å². The molecule has 0 saturated carbocycles. The highest BCUT2D eigenvalue weighted by Gasteiger charge is 2.36. The van der Waals surface area contributed by atoms with E-state index in [1.54, 1.807) is 13.8 Å². The summed E-state index contributed by atoms with van der Waals surface area (Å²) in [5, 5.41) is 18.9. The molecule has 0 radical (unpaired) electrons. The Bertz CT molecular complexity index is 183. The standard InChI is InChI=1S/C11H22O4/c1-4-11(6-12)7-14-9(15-8-11)5-10(2,3)13/h9,12-13H,4-8H2,1-3H3. The van der Waals surface area contributed by atoms with Crippen molar-refractivity contribution in [3.8, 4) is 0 Å². The molecule has 1 saturated heterocycles. The van der Waals surface area contributed by atoms with E-state index in [1.165, 1.54) is 0 Å². The molecule has 0 aliphatic carbocycles. The fourth-order valence-electron chi connectivity index (χ4n) is 1.56. The Balaban J connectivity index is 2.42. The van der Waals surface area contributed by atoms with E-state index in [0.29, 0.717) is 19.6 Å². The van der Waals surface area contributed by atoms with Gasteiger partial charge in [-0.25, -0.2) is 0 Å². The third-order valence-corrected chi connectivity index (χ3v) is 2.90. The molecule has 1 aliphatic rings. The number of aliphatic hydroxyl groups is 2.